The van der Waals surface area contributed by atoms with E-state index in [4.69, 9.17) is 14.2 Å². The Labute approximate surface area is 269 Å². The molecule has 3 aliphatic rings. The quantitative estimate of drug-likeness (QED) is 0.136. The van der Waals surface area contributed by atoms with Crippen LogP contribution in [0.1, 0.15) is 112 Å². The maximum atomic E-state index is 14.0. The summed E-state index contributed by atoms with van der Waals surface area (Å²) in [6.45, 7) is 8.85. The van der Waals surface area contributed by atoms with Crippen LogP contribution in [0, 0.1) is 11.8 Å². The Balaban J connectivity index is 2.12. The number of aliphatic hydroxyl groups is 2. The van der Waals surface area contributed by atoms with Crippen molar-refractivity contribution in [1.29, 1.82) is 0 Å². The van der Waals surface area contributed by atoms with Crippen LogP contribution in [0.5, 0.6) is 0 Å². The van der Waals surface area contributed by atoms with E-state index in [1.165, 1.54) is 6.92 Å². The van der Waals surface area contributed by atoms with Crippen LogP contribution in [0.25, 0.3) is 0 Å². The predicted molar refractivity (Wildman–Crippen MR) is 152 cm³/mol. The number of rotatable bonds is 10. The molecule has 0 heterocycles. The van der Waals surface area contributed by atoms with Crippen molar-refractivity contribution >= 4 is 5.97 Å². The van der Waals surface area contributed by atoms with Gasteiger partial charge in [0.15, 0.2) is 5.60 Å². The summed E-state index contributed by atoms with van der Waals surface area (Å²) in [7, 11) is 0. The first-order valence-electron chi connectivity index (χ1n) is 15.9. The minimum Gasteiger partial charge on any atom is -0.459 e. The van der Waals surface area contributed by atoms with Gasteiger partial charge in [-0.2, -0.15) is 39.5 Å². The number of esters is 1. The van der Waals surface area contributed by atoms with E-state index in [0.717, 1.165) is 13.8 Å². The van der Waals surface area contributed by atoms with E-state index in [1.54, 1.807) is 0 Å². The van der Waals surface area contributed by atoms with Crippen molar-refractivity contribution < 1.29 is 68.7 Å². The van der Waals surface area contributed by atoms with Gasteiger partial charge in [-0.25, -0.2) is 4.79 Å². The maximum Gasteiger partial charge on any atom is 0.429 e. The van der Waals surface area contributed by atoms with E-state index in [-0.39, 0.29) is 50.5 Å². The highest BCUT2D eigenvalue weighted by atomic mass is 19.4. The summed E-state index contributed by atoms with van der Waals surface area (Å²) < 4.78 is 144. The predicted octanol–water partition coefficient (Wildman–Crippen LogP) is 8.28. The van der Waals surface area contributed by atoms with E-state index >= 15 is 0 Å². The minimum absolute atomic E-state index is 0.0260. The highest BCUT2D eigenvalue weighted by molar-refractivity contribution is 5.87. The number of ether oxygens (including phenoxy) is 3. The van der Waals surface area contributed by atoms with Gasteiger partial charge in [0.25, 0.3) is 5.60 Å². The van der Waals surface area contributed by atoms with Gasteiger partial charge in [0.2, 0.25) is 0 Å². The fourth-order valence-corrected chi connectivity index (χ4v) is 7.98. The highest BCUT2D eigenvalue weighted by Crippen LogP contribution is 2.58. The highest BCUT2D eigenvalue weighted by Gasteiger charge is 2.78. The lowest BCUT2D eigenvalue weighted by Crippen LogP contribution is -2.71. The van der Waals surface area contributed by atoms with E-state index in [9.17, 15) is 54.5 Å². The van der Waals surface area contributed by atoms with Gasteiger partial charge in [0.05, 0.1) is 11.2 Å². The molecule has 274 valence electrons. The van der Waals surface area contributed by atoms with Gasteiger partial charge in [-0.3, -0.25) is 0 Å². The van der Waals surface area contributed by atoms with Crippen LogP contribution in [0.3, 0.4) is 0 Å². The summed E-state index contributed by atoms with van der Waals surface area (Å²) in [6.07, 6.45) is -15.8. The van der Waals surface area contributed by atoms with Gasteiger partial charge in [-0.05, 0) is 98.3 Å². The fraction of sp³-hybridized carbons (Fsp3) is 0.906. The molecular formula is C32H47F9O6. The Kier molecular flexibility index (Phi) is 10.7. The van der Waals surface area contributed by atoms with Crippen LogP contribution >= 0.6 is 0 Å². The van der Waals surface area contributed by atoms with Crippen LogP contribution in [0.15, 0.2) is 12.2 Å². The van der Waals surface area contributed by atoms with Gasteiger partial charge in [-0.15, -0.1) is 0 Å². The Hall–Kier alpha value is -1.58. The van der Waals surface area contributed by atoms with Crippen molar-refractivity contribution in [2.45, 2.75) is 170 Å². The molecule has 2 N–H and O–H groups in total. The largest absolute Gasteiger partial charge is 0.459 e. The smallest absolute Gasteiger partial charge is 0.429 e. The summed E-state index contributed by atoms with van der Waals surface area (Å²) >= 11 is 0. The Bertz CT molecular complexity index is 1130. The molecule has 3 saturated carbocycles. The van der Waals surface area contributed by atoms with Crippen LogP contribution in [-0.4, -0.2) is 74.4 Å². The molecule has 6 nitrogen and oxygen atoms in total. The Morgan fingerprint density at radius 1 is 0.660 bits per heavy atom. The van der Waals surface area contributed by atoms with E-state index in [2.05, 4.69) is 6.58 Å². The third-order valence-electron chi connectivity index (χ3n) is 11.0. The minimum atomic E-state index is -6.16. The molecule has 0 spiro atoms. The molecule has 47 heavy (non-hydrogen) atoms. The van der Waals surface area contributed by atoms with Gasteiger partial charge in [0, 0.05) is 5.57 Å². The second-order valence-electron chi connectivity index (χ2n) is 15.0. The van der Waals surface area contributed by atoms with Crippen LogP contribution in [-0.2, 0) is 19.0 Å². The number of halogens is 9. The first kappa shape index (κ1) is 39.9. The standard InChI is InChI=1S/C32H47F9O6/c1-19(2)23(42)45-22-17-20(27(12-8-9-13-27)46-24(3,4)26(7,43)30(33,34)35)16-21(18-22)28(14-10-11-15-28)47-25(5,6)29(44,31(36,37)38)32(39,40)41/h20-22,43-44H,1,8-18H2,2-7H3. The lowest BCUT2D eigenvalue weighted by molar-refractivity contribution is -0.423. The van der Waals surface area contributed by atoms with Gasteiger partial charge in [-0.1, -0.05) is 32.3 Å². The molecule has 0 bridgehead atoms. The third-order valence-corrected chi connectivity index (χ3v) is 11.0. The van der Waals surface area contributed by atoms with Crippen LogP contribution < -0.4 is 0 Å². The second-order valence-corrected chi connectivity index (χ2v) is 15.0. The summed E-state index contributed by atoms with van der Waals surface area (Å²) in [5.41, 5.74) is -16.9. The molecule has 0 radical (unpaired) electrons. The summed E-state index contributed by atoms with van der Waals surface area (Å²) in [5.74, 6) is -2.33. The normalized spacial score (nSPS) is 27.4. The first-order valence-corrected chi connectivity index (χ1v) is 15.9. The molecule has 0 aromatic rings. The second kappa shape index (κ2) is 12.6. The first-order chi connectivity index (χ1) is 21.0. The lowest BCUT2D eigenvalue weighted by Gasteiger charge is -2.54. The zero-order chi connectivity index (χ0) is 36.3. The zero-order valence-electron chi connectivity index (χ0n) is 27.6. The number of alkyl halides is 9. The molecule has 4 unspecified atom stereocenters. The molecule has 4 atom stereocenters. The van der Waals surface area contributed by atoms with Crippen molar-refractivity contribution in [2.75, 3.05) is 0 Å². The number of hydrogen-bond donors (Lipinski definition) is 2. The summed E-state index contributed by atoms with van der Waals surface area (Å²) in [5, 5.41) is 21.0. The number of carbonyl (C=O) groups excluding carboxylic acids is 1. The molecule has 15 heteroatoms. The Morgan fingerprint density at radius 3 is 1.34 bits per heavy atom. The summed E-state index contributed by atoms with van der Waals surface area (Å²) in [6, 6.07) is 0. The van der Waals surface area contributed by atoms with Crippen molar-refractivity contribution in [3.8, 4) is 0 Å². The Morgan fingerprint density at radius 2 is 1.02 bits per heavy atom. The van der Waals surface area contributed by atoms with Gasteiger partial charge in [0.1, 0.15) is 17.3 Å². The molecule has 0 amide bonds. The molecule has 0 aromatic heterocycles. The van der Waals surface area contributed by atoms with E-state index in [1.807, 2.05) is 0 Å². The topological polar surface area (TPSA) is 85.2 Å². The van der Waals surface area contributed by atoms with Crippen molar-refractivity contribution in [2.24, 2.45) is 11.8 Å². The maximum absolute atomic E-state index is 14.0. The lowest BCUT2D eigenvalue weighted by atomic mass is 9.65. The molecular weight excluding hydrogens is 651 g/mol. The molecule has 3 rings (SSSR count). The van der Waals surface area contributed by atoms with Crippen molar-refractivity contribution in [1.82, 2.24) is 0 Å². The van der Waals surface area contributed by atoms with Gasteiger partial charge >= 0.3 is 24.5 Å². The molecule has 0 aliphatic heterocycles. The summed E-state index contributed by atoms with van der Waals surface area (Å²) in [4.78, 5) is 12.7. The fourth-order valence-electron chi connectivity index (χ4n) is 7.98. The molecule has 0 aromatic carbocycles. The van der Waals surface area contributed by atoms with E-state index in [0.29, 0.717) is 46.5 Å². The van der Waals surface area contributed by atoms with Crippen molar-refractivity contribution in [3.63, 3.8) is 0 Å². The van der Waals surface area contributed by atoms with E-state index < -0.39 is 76.0 Å². The monoisotopic (exact) mass is 698 g/mol. The third kappa shape index (κ3) is 7.19. The number of hydrogen-bond acceptors (Lipinski definition) is 6. The average Bonchev–Trinajstić information content (AvgIpc) is 3.56. The van der Waals surface area contributed by atoms with Crippen LogP contribution in [0.4, 0.5) is 39.5 Å². The van der Waals surface area contributed by atoms with Gasteiger partial charge < -0.3 is 24.4 Å². The van der Waals surface area contributed by atoms with Crippen molar-refractivity contribution in [3.05, 3.63) is 12.2 Å². The molecule has 3 fully saturated rings. The SMILES string of the molecule is C=C(C)C(=O)OC1CC(C2(OC(C)(C)C(C)(O)C(F)(F)F)CCCC2)CC(C2(OC(C)(C)C(O)(C(F)(F)F)C(F)(F)F)CCCC2)C1. The average molecular weight is 699 g/mol. The number of carbonyl (C=O) groups is 1. The zero-order valence-corrected chi connectivity index (χ0v) is 27.6. The van der Waals surface area contributed by atoms with Crippen LogP contribution in [0.2, 0.25) is 0 Å². The molecule has 3 aliphatic carbocycles. The molecule has 0 saturated heterocycles.